The third-order valence-corrected chi connectivity index (χ3v) is 2.90. The fourth-order valence-electron chi connectivity index (χ4n) is 1.68. The number of nitrogens with zero attached hydrogens (tertiary/aromatic N) is 3. The summed E-state index contributed by atoms with van der Waals surface area (Å²) >= 11 is 0. The van der Waals surface area contributed by atoms with Crippen LogP contribution in [0.25, 0.3) is 0 Å². The standard InChI is InChI=1S/C15H17N3O2/c1-4-15(19)18(3)12-6-8-13(9-7-12)20-14-10-5-11(2)16-17-14/h5-10H,4H2,1-3H3. The number of aromatic nitrogens is 2. The molecule has 0 spiro atoms. The molecule has 0 aliphatic heterocycles. The summed E-state index contributed by atoms with van der Waals surface area (Å²) in [7, 11) is 1.76. The number of hydrogen-bond donors (Lipinski definition) is 0. The van der Waals surface area contributed by atoms with Gasteiger partial charge in [0.2, 0.25) is 11.8 Å². The maximum atomic E-state index is 11.6. The third kappa shape index (κ3) is 3.32. The zero-order valence-corrected chi connectivity index (χ0v) is 11.8. The van der Waals surface area contributed by atoms with Crippen LogP contribution in [-0.2, 0) is 4.79 Å². The minimum Gasteiger partial charge on any atom is -0.438 e. The number of anilines is 1. The number of amides is 1. The van der Waals surface area contributed by atoms with Crippen LogP contribution in [0.2, 0.25) is 0 Å². The summed E-state index contributed by atoms with van der Waals surface area (Å²) in [5.74, 6) is 1.17. The minimum absolute atomic E-state index is 0.0723. The fraction of sp³-hybridized carbons (Fsp3) is 0.267. The predicted octanol–water partition coefficient (Wildman–Crippen LogP) is 2.95. The molecule has 2 aromatic rings. The number of hydrogen-bond acceptors (Lipinski definition) is 4. The van der Waals surface area contributed by atoms with E-state index in [1.54, 1.807) is 30.1 Å². The van der Waals surface area contributed by atoms with Crippen LogP contribution in [0.1, 0.15) is 19.0 Å². The lowest BCUT2D eigenvalue weighted by Crippen LogP contribution is -2.24. The van der Waals surface area contributed by atoms with E-state index in [2.05, 4.69) is 10.2 Å². The van der Waals surface area contributed by atoms with Crippen molar-refractivity contribution in [3.63, 3.8) is 0 Å². The Kier molecular flexibility index (Phi) is 4.30. The Morgan fingerprint density at radius 3 is 2.40 bits per heavy atom. The van der Waals surface area contributed by atoms with E-state index < -0.39 is 0 Å². The highest BCUT2D eigenvalue weighted by Crippen LogP contribution is 2.22. The molecule has 1 aromatic carbocycles. The molecule has 0 saturated carbocycles. The van der Waals surface area contributed by atoms with Crippen LogP contribution in [0.4, 0.5) is 5.69 Å². The van der Waals surface area contributed by atoms with Crippen molar-refractivity contribution in [3.05, 3.63) is 42.1 Å². The van der Waals surface area contributed by atoms with Gasteiger partial charge in [-0.15, -0.1) is 5.10 Å². The Hall–Kier alpha value is -2.43. The fourth-order valence-corrected chi connectivity index (χ4v) is 1.68. The van der Waals surface area contributed by atoms with Crippen LogP contribution in [0.5, 0.6) is 11.6 Å². The van der Waals surface area contributed by atoms with Gasteiger partial charge in [-0.25, -0.2) is 0 Å². The first kappa shape index (κ1) is 14.0. The second-order valence-corrected chi connectivity index (χ2v) is 4.42. The molecule has 5 nitrogen and oxygen atoms in total. The van der Waals surface area contributed by atoms with Gasteiger partial charge in [0.1, 0.15) is 5.75 Å². The molecule has 1 aromatic heterocycles. The van der Waals surface area contributed by atoms with Gasteiger partial charge in [-0.1, -0.05) is 6.92 Å². The molecule has 0 aliphatic carbocycles. The van der Waals surface area contributed by atoms with Gasteiger partial charge in [0.05, 0.1) is 5.69 Å². The molecule has 0 radical (unpaired) electrons. The molecule has 0 bridgehead atoms. The summed E-state index contributed by atoms with van der Waals surface area (Å²) in [4.78, 5) is 13.2. The largest absolute Gasteiger partial charge is 0.438 e. The van der Waals surface area contributed by atoms with Crippen LogP contribution in [0.3, 0.4) is 0 Å². The monoisotopic (exact) mass is 271 g/mol. The van der Waals surface area contributed by atoms with Crippen molar-refractivity contribution in [1.82, 2.24) is 10.2 Å². The molecule has 0 unspecified atom stereocenters. The van der Waals surface area contributed by atoms with E-state index in [0.717, 1.165) is 11.4 Å². The Labute approximate surface area is 118 Å². The van der Waals surface area contributed by atoms with Crippen molar-refractivity contribution in [2.45, 2.75) is 20.3 Å². The molecule has 20 heavy (non-hydrogen) atoms. The molecule has 2 rings (SSSR count). The number of ether oxygens (including phenoxy) is 1. The highest BCUT2D eigenvalue weighted by atomic mass is 16.5. The average molecular weight is 271 g/mol. The normalized spacial score (nSPS) is 10.2. The Morgan fingerprint density at radius 1 is 1.15 bits per heavy atom. The quantitative estimate of drug-likeness (QED) is 0.858. The zero-order valence-electron chi connectivity index (χ0n) is 11.8. The molecule has 0 aliphatic rings. The Bertz CT molecular complexity index is 579. The van der Waals surface area contributed by atoms with E-state index in [0.29, 0.717) is 18.1 Å². The highest BCUT2D eigenvalue weighted by molar-refractivity contribution is 5.92. The summed E-state index contributed by atoms with van der Waals surface area (Å²) in [6.45, 7) is 3.71. The van der Waals surface area contributed by atoms with Crippen molar-refractivity contribution in [3.8, 4) is 11.6 Å². The van der Waals surface area contributed by atoms with Crippen molar-refractivity contribution >= 4 is 11.6 Å². The lowest BCUT2D eigenvalue weighted by atomic mass is 10.2. The van der Waals surface area contributed by atoms with Gasteiger partial charge in [-0.3, -0.25) is 4.79 Å². The average Bonchev–Trinajstić information content (AvgIpc) is 2.49. The molecule has 1 heterocycles. The molecule has 0 N–H and O–H groups in total. The van der Waals surface area contributed by atoms with Gasteiger partial charge in [0.25, 0.3) is 0 Å². The Morgan fingerprint density at radius 2 is 1.85 bits per heavy atom. The van der Waals surface area contributed by atoms with E-state index in [4.69, 9.17) is 4.74 Å². The van der Waals surface area contributed by atoms with Crippen LogP contribution in [0, 0.1) is 6.92 Å². The molecule has 5 heteroatoms. The molecule has 0 saturated heterocycles. The number of carbonyl (C=O) groups is 1. The number of carbonyl (C=O) groups excluding carboxylic acids is 1. The highest BCUT2D eigenvalue weighted by Gasteiger charge is 2.08. The first-order valence-electron chi connectivity index (χ1n) is 6.45. The SMILES string of the molecule is CCC(=O)N(C)c1ccc(Oc2ccc(C)nn2)cc1. The molecular formula is C15H17N3O2. The molecule has 104 valence electrons. The van der Waals surface area contributed by atoms with E-state index >= 15 is 0 Å². The number of benzene rings is 1. The third-order valence-electron chi connectivity index (χ3n) is 2.90. The van der Waals surface area contributed by atoms with Gasteiger partial charge >= 0.3 is 0 Å². The van der Waals surface area contributed by atoms with Crippen LogP contribution in [-0.4, -0.2) is 23.2 Å². The van der Waals surface area contributed by atoms with Gasteiger partial charge < -0.3 is 9.64 Å². The van der Waals surface area contributed by atoms with E-state index in [1.807, 2.05) is 32.0 Å². The molecular weight excluding hydrogens is 254 g/mol. The van der Waals surface area contributed by atoms with Gasteiger partial charge in [0.15, 0.2) is 0 Å². The molecule has 0 atom stereocenters. The van der Waals surface area contributed by atoms with Crippen LogP contribution in [0.15, 0.2) is 36.4 Å². The predicted molar refractivity (Wildman–Crippen MR) is 77.0 cm³/mol. The lowest BCUT2D eigenvalue weighted by molar-refractivity contribution is -0.118. The summed E-state index contributed by atoms with van der Waals surface area (Å²) in [5, 5.41) is 7.86. The van der Waals surface area contributed by atoms with Crippen LogP contribution >= 0.6 is 0 Å². The summed E-state index contributed by atoms with van der Waals surface area (Å²) in [6.07, 6.45) is 0.480. The van der Waals surface area contributed by atoms with Crippen molar-refractivity contribution in [2.24, 2.45) is 0 Å². The second-order valence-electron chi connectivity index (χ2n) is 4.42. The van der Waals surface area contributed by atoms with Gasteiger partial charge in [-0.05, 0) is 37.3 Å². The van der Waals surface area contributed by atoms with Crippen LogP contribution < -0.4 is 9.64 Å². The lowest BCUT2D eigenvalue weighted by Gasteiger charge is -2.16. The maximum absolute atomic E-state index is 11.6. The van der Waals surface area contributed by atoms with Gasteiger partial charge in [-0.2, -0.15) is 5.10 Å². The topological polar surface area (TPSA) is 55.3 Å². The zero-order chi connectivity index (χ0) is 14.5. The van der Waals surface area contributed by atoms with Crippen molar-refractivity contribution in [2.75, 3.05) is 11.9 Å². The smallest absolute Gasteiger partial charge is 0.238 e. The first-order valence-corrected chi connectivity index (χ1v) is 6.45. The summed E-state index contributed by atoms with van der Waals surface area (Å²) < 4.78 is 5.58. The van der Waals surface area contributed by atoms with Gasteiger partial charge in [0, 0.05) is 25.2 Å². The number of rotatable bonds is 4. The molecule has 1 amide bonds. The number of aryl methyl sites for hydroxylation is 1. The second kappa shape index (κ2) is 6.14. The first-order chi connectivity index (χ1) is 9.60. The molecule has 0 fully saturated rings. The van der Waals surface area contributed by atoms with E-state index in [1.165, 1.54) is 0 Å². The van der Waals surface area contributed by atoms with E-state index in [9.17, 15) is 4.79 Å². The summed E-state index contributed by atoms with van der Waals surface area (Å²) in [5.41, 5.74) is 1.67. The van der Waals surface area contributed by atoms with Crippen molar-refractivity contribution < 1.29 is 9.53 Å². The minimum atomic E-state index is 0.0723. The van der Waals surface area contributed by atoms with Crippen molar-refractivity contribution in [1.29, 1.82) is 0 Å². The summed E-state index contributed by atoms with van der Waals surface area (Å²) in [6, 6.07) is 10.9. The maximum Gasteiger partial charge on any atom is 0.238 e. The Balaban J connectivity index is 2.08. The van der Waals surface area contributed by atoms with E-state index in [-0.39, 0.29) is 5.91 Å².